The van der Waals surface area contributed by atoms with Crippen LogP contribution in [0.5, 0.6) is 0 Å². The maximum atomic E-state index is 12.9. The fourth-order valence-electron chi connectivity index (χ4n) is 2.27. The summed E-state index contributed by atoms with van der Waals surface area (Å²) in [6.45, 7) is 4.01. The number of para-hydroxylation sites is 1. The van der Waals surface area contributed by atoms with Crippen LogP contribution in [0.3, 0.4) is 0 Å². The lowest BCUT2D eigenvalue weighted by molar-refractivity contribution is 0.428. The van der Waals surface area contributed by atoms with Gasteiger partial charge in [-0.3, -0.25) is 4.31 Å². The van der Waals surface area contributed by atoms with Crippen LogP contribution >= 0.6 is 11.3 Å². The van der Waals surface area contributed by atoms with Crippen molar-refractivity contribution in [3.05, 3.63) is 54.2 Å². The number of aromatic nitrogens is 1. The van der Waals surface area contributed by atoms with Gasteiger partial charge in [0.05, 0.1) is 16.3 Å². The molecule has 0 saturated carbocycles. The van der Waals surface area contributed by atoms with Gasteiger partial charge in [-0.2, -0.15) is 0 Å². The molecule has 0 aliphatic heterocycles. The topological polar surface area (TPSA) is 63.4 Å². The predicted molar refractivity (Wildman–Crippen MR) is 91.2 cm³/mol. The summed E-state index contributed by atoms with van der Waals surface area (Å²) in [5.41, 5.74) is 1.41. The summed E-state index contributed by atoms with van der Waals surface area (Å²) < 4.78 is 32.7. The average molecular weight is 348 g/mol. The van der Waals surface area contributed by atoms with E-state index < -0.39 is 10.0 Å². The van der Waals surface area contributed by atoms with Crippen LogP contribution in [0.15, 0.2) is 57.3 Å². The lowest BCUT2D eigenvalue weighted by Gasteiger charge is -2.21. The minimum Gasteiger partial charge on any atom is -0.355 e. The van der Waals surface area contributed by atoms with Crippen molar-refractivity contribution in [1.82, 2.24) is 5.16 Å². The molecule has 7 heteroatoms. The van der Waals surface area contributed by atoms with Gasteiger partial charge in [0.2, 0.25) is 0 Å². The molecule has 2 aromatic heterocycles. The van der Waals surface area contributed by atoms with Crippen LogP contribution in [0.2, 0.25) is 0 Å². The average Bonchev–Trinajstić information content (AvgIpc) is 3.18. The standard InChI is InChI=1S/C16H16N2O3S2/c1-3-18(13-7-5-4-6-8-13)23(19,20)16-10-9-15(22-16)14-11-12(2)17-21-14/h4-11H,3H2,1-2H3. The molecule has 0 aliphatic rings. The minimum absolute atomic E-state index is 0.284. The molecule has 1 aromatic carbocycles. The quantitative estimate of drug-likeness (QED) is 0.701. The second-order valence-electron chi connectivity index (χ2n) is 4.96. The van der Waals surface area contributed by atoms with Gasteiger partial charge < -0.3 is 4.52 Å². The van der Waals surface area contributed by atoms with E-state index in [1.165, 1.54) is 15.6 Å². The summed E-state index contributed by atoms with van der Waals surface area (Å²) in [6, 6.07) is 14.2. The van der Waals surface area contributed by atoms with Gasteiger partial charge in [-0.05, 0) is 38.1 Å². The van der Waals surface area contributed by atoms with E-state index >= 15 is 0 Å². The SMILES string of the molecule is CCN(c1ccccc1)S(=O)(=O)c1ccc(-c2cc(C)no2)s1. The van der Waals surface area contributed by atoms with Crippen LogP contribution in [0, 0.1) is 6.92 Å². The second-order valence-corrected chi connectivity index (χ2v) is 8.13. The number of rotatable bonds is 5. The first-order chi connectivity index (χ1) is 11.0. The Hall–Kier alpha value is -2.12. The molecule has 0 spiro atoms. The lowest BCUT2D eigenvalue weighted by Crippen LogP contribution is -2.30. The van der Waals surface area contributed by atoms with E-state index in [0.717, 1.165) is 10.6 Å². The number of aryl methyl sites for hydroxylation is 1. The van der Waals surface area contributed by atoms with Gasteiger partial charge in [0.25, 0.3) is 10.0 Å². The zero-order valence-electron chi connectivity index (χ0n) is 12.8. The minimum atomic E-state index is -3.59. The molecule has 5 nitrogen and oxygen atoms in total. The normalized spacial score (nSPS) is 11.6. The van der Waals surface area contributed by atoms with Crippen molar-refractivity contribution in [2.75, 3.05) is 10.8 Å². The Morgan fingerprint density at radius 1 is 1.17 bits per heavy atom. The molecular weight excluding hydrogens is 332 g/mol. The highest BCUT2D eigenvalue weighted by atomic mass is 32.2. The fraction of sp³-hybridized carbons (Fsp3) is 0.188. The van der Waals surface area contributed by atoms with E-state index in [-0.39, 0.29) is 4.21 Å². The van der Waals surface area contributed by atoms with Gasteiger partial charge in [0, 0.05) is 12.6 Å². The Morgan fingerprint density at radius 3 is 2.52 bits per heavy atom. The van der Waals surface area contributed by atoms with Gasteiger partial charge in [-0.25, -0.2) is 8.42 Å². The maximum Gasteiger partial charge on any atom is 0.273 e. The van der Waals surface area contributed by atoms with Gasteiger partial charge in [-0.15, -0.1) is 11.3 Å². The first-order valence-corrected chi connectivity index (χ1v) is 9.39. The highest BCUT2D eigenvalue weighted by Crippen LogP contribution is 2.34. The maximum absolute atomic E-state index is 12.9. The van der Waals surface area contributed by atoms with E-state index in [1.54, 1.807) is 30.3 Å². The Bertz CT molecular complexity index is 898. The summed E-state index contributed by atoms with van der Waals surface area (Å²) >= 11 is 1.18. The van der Waals surface area contributed by atoms with E-state index in [9.17, 15) is 8.42 Å². The third-order valence-corrected chi connectivity index (χ3v) is 6.80. The van der Waals surface area contributed by atoms with E-state index in [1.807, 2.05) is 32.0 Å². The lowest BCUT2D eigenvalue weighted by atomic mass is 10.3. The highest BCUT2D eigenvalue weighted by Gasteiger charge is 2.26. The van der Waals surface area contributed by atoms with Crippen molar-refractivity contribution in [3.8, 4) is 10.6 Å². The molecule has 3 rings (SSSR count). The zero-order valence-corrected chi connectivity index (χ0v) is 14.4. The molecule has 0 amide bonds. The Labute approximate surface area is 139 Å². The van der Waals surface area contributed by atoms with Crippen molar-refractivity contribution < 1.29 is 12.9 Å². The molecule has 3 aromatic rings. The first kappa shape index (κ1) is 15.8. The zero-order chi connectivity index (χ0) is 16.4. The molecule has 0 N–H and O–H groups in total. The molecule has 120 valence electrons. The molecule has 0 bridgehead atoms. The summed E-state index contributed by atoms with van der Waals surface area (Å²) in [4.78, 5) is 0.744. The van der Waals surface area contributed by atoms with Gasteiger partial charge in [0.15, 0.2) is 5.76 Å². The highest BCUT2D eigenvalue weighted by molar-refractivity contribution is 7.94. The molecule has 0 aliphatic carbocycles. The molecule has 0 radical (unpaired) electrons. The van der Waals surface area contributed by atoms with Crippen molar-refractivity contribution in [2.45, 2.75) is 18.1 Å². The smallest absolute Gasteiger partial charge is 0.273 e. The van der Waals surface area contributed by atoms with Gasteiger partial charge in [-0.1, -0.05) is 23.4 Å². The Balaban J connectivity index is 1.98. The van der Waals surface area contributed by atoms with Crippen LogP contribution in [-0.2, 0) is 10.0 Å². The van der Waals surface area contributed by atoms with Crippen LogP contribution < -0.4 is 4.31 Å². The molecule has 0 fully saturated rings. The number of anilines is 1. The molecule has 2 heterocycles. The fourth-order valence-corrected chi connectivity index (χ4v) is 5.11. The molecule has 23 heavy (non-hydrogen) atoms. The Morgan fingerprint density at radius 2 is 1.91 bits per heavy atom. The van der Waals surface area contributed by atoms with Gasteiger partial charge >= 0.3 is 0 Å². The van der Waals surface area contributed by atoms with E-state index in [2.05, 4.69) is 5.16 Å². The summed E-state index contributed by atoms with van der Waals surface area (Å²) in [5.74, 6) is 0.580. The Kier molecular flexibility index (Phi) is 4.23. The summed E-state index contributed by atoms with van der Waals surface area (Å²) in [7, 11) is -3.59. The molecule has 0 atom stereocenters. The van der Waals surface area contributed by atoms with Crippen LogP contribution in [0.4, 0.5) is 5.69 Å². The largest absolute Gasteiger partial charge is 0.355 e. The molecule has 0 unspecified atom stereocenters. The van der Waals surface area contributed by atoms with E-state index in [4.69, 9.17) is 4.52 Å². The first-order valence-electron chi connectivity index (χ1n) is 7.13. The number of nitrogens with zero attached hydrogens (tertiary/aromatic N) is 2. The number of thiophene rings is 1. The van der Waals surface area contributed by atoms with Crippen LogP contribution in [0.25, 0.3) is 10.6 Å². The third-order valence-electron chi connectivity index (χ3n) is 3.33. The van der Waals surface area contributed by atoms with Crippen LogP contribution in [-0.4, -0.2) is 20.1 Å². The molecular formula is C16H16N2O3S2. The van der Waals surface area contributed by atoms with Crippen molar-refractivity contribution >= 4 is 27.0 Å². The monoisotopic (exact) mass is 348 g/mol. The predicted octanol–water partition coefficient (Wildman–Crippen LogP) is 3.93. The van der Waals surface area contributed by atoms with Crippen molar-refractivity contribution in [3.63, 3.8) is 0 Å². The van der Waals surface area contributed by atoms with Crippen LogP contribution in [0.1, 0.15) is 12.6 Å². The summed E-state index contributed by atoms with van der Waals surface area (Å²) in [6.07, 6.45) is 0. The van der Waals surface area contributed by atoms with Crippen molar-refractivity contribution in [1.29, 1.82) is 0 Å². The van der Waals surface area contributed by atoms with Crippen molar-refractivity contribution in [2.24, 2.45) is 0 Å². The number of sulfonamides is 1. The second kappa shape index (κ2) is 6.17. The third kappa shape index (κ3) is 3.02. The van der Waals surface area contributed by atoms with Gasteiger partial charge in [0.1, 0.15) is 4.21 Å². The summed E-state index contributed by atoms with van der Waals surface area (Å²) in [5, 5.41) is 3.84. The number of hydrogen-bond donors (Lipinski definition) is 0. The van der Waals surface area contributed by atoms with E-state index in [0.29, 0.717) is 18.0 Å². The number of hydrogen-bond acceptors (Lipinski definition) is 5. The number of benzene rings is 1. The molecule has 0 saturated heterocycles.